The summed E-state index contributed by atoms with van der Waals surface area (Å²) in [5.41, 5.74) is 3.20. The number of esters is 1. The van der Waals surface area contributed by atoms with Crippen molar-refractivity contribution in [2.45, 2.75) is 51.6 Å². The number of aryl methyl sites for hydroxylation is 1. The van der Waals surface area contributed by atoms with Gasteiger partial charge in [-0.2, -0.15) is 0 Å². The highest BCUT2D eigenvalue weighted by molar-refractivity contribution is 7.97. The second kappa shape index (κ2) is 10.1. The van der Waals surface area contributed by atoms with Crippen LogP contribution in [0.2, 0.25) is 0 Å². The second-order valence-corrected chi connectivity index (χ2v) is 9.02. The van der Waals surface area contributed by atoms with Crippen LogP contribution >= 0.6 is 11.9 Å². The number of rotatable bonds is 9. The highest BCUT2D eigenvalue weighted by Crippen LogP contribution is 2.27. The molecule has 2 heterocycles. The number of imidazole rings is 1. The van der Waals surface area contributed by atoms with Crippen LogP contribution in [0.1, 0.15) is 38.6 Å². The van der Waals surface area contributed by atoms with Crippen molar-refractivity contribution in [2.24, 2.45) is 5.92 Å². The van der Waals surface area contributed by atoms with Crippen molar-refractivity contribution in [1.29, 1.82) is 0 Å². The van der Waals surface area contributed by atoms with Crippen molar-refractivity contribution >= 4 is 29.0 Å². The van der Waals surface area contributed by atoms with Crippen LogP contribution < -0.4 is 0 Å². The van der Waals surface area contributed by atoms with Gasteiger partial charge in [0.1, 0.15) is 17.4 Å². The lowest BCUT2D eigenvalue weighted by atomic mass is 10.0. The van der Waals surface area contributed by atoms with Crippen molar-refractivity contribution in [3.63, 3.8) is 0 Å². The number of aromatic nitrogens is 3. The molecule has 2 aromatic heterocycles. The predicted octanol–water partition coefficient (Wildman–Crippen LogP) is 4.70. The Balaban J connectivity index is 1.70. The third kappa shape index (κ3) is 5.40. The molecule has 0 saturated heterocycles. The van der Waals surface area contributed by atoms with Crippen molar-refractivity contribution in [3.8, 4) is 0 Å². The van der Waals surface area contributed by atoms with Gasteiger partial charge in [0.05, 0.1) is 18.3 Å². The van der Waals surface area contributed by atoms with E-state index in [1.165, 1.54) is 5.56 Å². The van der Waals surface area contributed by atoms with Gasteiger partial charge in [0, 0.05) is 17.6 Å². The van der Waals surface area contributed by atoms with Crippen LogP contribution in [-0.2, 0) is 16.1 Å². The average Bonchev–Trinajstić information content (AvgIpc) is 3.03. The number of carbonyl (C=O) groups excluding carboxylic acids is 1. The van der Waals surface area contributed by atoms with Crippen molar-refractivity contribution in [1.82, 2.24) is 18.8 Å². The molecule has 0 spiro atoms. The number of fused-ring (bicyclic) bond motifs is 1. The molecule has 1 unspecified atom stereocenters. The molecule has 0 radical (unpaired) electrons. The Bertz CT molecular complexity index is 985. The molecule has 0 aliphatic heterocycles. The number of hydrogen-bond acceptors (Lipinski definition) is 6. The van der Waals surface area contributed by atoms with Crippen molar-refractivity contribution in [3.05, 3.63) is 54.1 Å². The SMILES string of the molecule is CCOC(=O)C(CC(C)C)N(C)Sc1ccc(Cn2c(C)nc3cnccc32)cc1. The topological polar surface area (TPSA) is 60.2 Å². The van der Waals surface area contributed by atoms with E-state index in [4.69, 9.17) is 4.74 Å². The first-order valence-electron chi connectivity index (χ1n) is 10.3. The Morgan fingerprint density at radius 1 is 1.23 bits per heavy atom. The van der Waals surface area contributed by atoms with E-state index in [-0.39, 0.29) is 12.0 Å². The van der Waals surface area contributed by atoms with Crippen LogP contribution in [0.25, 0.3) is 11.0 Å². The maximum atomic E-state index is 12.4. The van der Waals surface area contributed by atoms with Crippen molar-refractivity contribution in [2.75, 3.05) is 13.7 Å². The maximum absolute atomic E-state index is 12.4. The Kier molecular flexibility index (Phi) is 7.50. The first-order chi connectivity index (χ1) is 14.4. The summed E-state index contributed by atoms with van der Waals surface area (Å²) in [6, 6.07) is 10.2. The number of ether oxygens (including phenoxy) is 1. The quantitative estimate of drug-likeness (QED) is 0.365. The molecule has 1 aromatic carbocycles. The molecule has 0 aliphatic carbocycles. The van der Waals surface area contributed by atoms with Gasteiger partial charge in [0.2, 0.25) is 0 Å². The second-order valence-electron chi connectivity index (χ2n) is 7.79. The average molecular weight is 427 g/mol. The van der Waals surface area contributed by atoms with E-state index >= 15 is 0 Å². The van der Waals surface area contributed by atoms with Gasteiger partial charge in [-0.3, -0.25) is 9.78 Å². The van der Waals surface area contributed by atoms with E-state index in [1.54, 1.807) is 24.3 Å². The van der Waals surface area contributed by atoms with Crippen LogP contribution in [0.5, 0.6) is 0 Å². The van der Waals surface area contributed by atoms with E-state index in [0.29, 0.717) is 12.5 Å². The van der Waals surface area contributed by atoms with Crippen LogP contribution in [0, 0.1) is 12.8 Å². The van der Waals surface area contributed by atoms with E-state index in [0.717, 1.165) is 34.7 Å². The zero-order valence-corrected chi connectivity index (χ0v) is 19.1. The van der Waals surface area contributed by atoms with E-state index < -0.39 is 0 Å². The molecule has 7 heteroatoms. The standard InChI is InChI=1S/C23H30N4O2S/c1-6-29-23(28)22(13-16(2)3)26(5)30-19-9-7-18(8-10-19)15-27-17(4)25-20-14-24-12-11-21(20)27/h7-12,14,16,22H,6,13,15H2,1-5H3. The Morgan fingerprint density at radius 3 is 2.63 bits per heavy atom. The lowest BCUT2D eigenvalue weighted by Gasteiger charge is -2.26. The largest absolute Gasteiger partial charge is 0.465 e. The number of hydrogen-bond donors (Lipinski definition) is 0. The van der Waals surface area contributed by atoms with Gasteiger partial charge in [0.15, 0.2) is 0 Å². The molecule has 6 nitrogen and oxygen atoms in total. The summed E-state index contributed by atoms with van der Waals surface area (Å²) in [6.07, 6.45) is 4.36. The molecule has 3 rings (SSSR count). The summed E-state index contributed by atoms with van der Waals surface area (Å²) in [7, 11) is 1.96. The molecule has 0 N–H and O–H groups in total. The number of nitrogens with zero attached hydrogens (tertiary/aromatic N) is 4. The first-order valence-corrected chi connectivity index (χ1v) is 11.1. The summed E-state index contributed by atoms with van der Waals surface area (Å²) < 4.78 is 9.49. The highest BCUT2D eigenvalue weighted by Gasteiger charge is 2.26. The molecular weight excluding hydrogens is 396 g/mol. The molecular formula is C23H30N4O2S. The summed E-state index contributed by atoms with van der Waals surface area (Å²) in [5.74, 6) is 1.23. The van der Waals surface area contributed by atoms with Crippen molar-refractivity contribution < 1.29 is 9.53 Å². The fourth-order valence-electron chi connectivity index (χ4n) is 3.45. The number of benzene rings is 1. The third-order valence-electron chi connectivity index (χ3n) is 4.95. The molecule has 30 heavy (non-hydrogen) atoms. The monoisotopic (exact) mass is 426 g/mol. The number of carbonyl (C=O) groups is 1. The summed E-state index contributed by atoms with van der Waals surface area (Å²) in [6.45, 7) is 9.26. The fraction of sp³-hybridized carbons (Fsp3) is 0.435. The van der Waals surface area contributed by atoms with Crippen LogP contribution in [-0.4, -0.2) is 44.5 Å². The first kappa shape index (κ1) is 22.3. The van der Waals surface area contributed by atoms with E-state index in [1.807, 2.05) is 31.3 Å². The highest BCUT2D eigenvalue weighted by atomic mass is 32.2. The summed E-state index contributed by atoms with van der Waals surface area (Å²) in [5, 5.41) is 0. The molecule has 0 bridgehead atoms. The molecule has 3 aromatic rings. The zero-order chi connectivity index (χ0) is 21.7. The normalized spacial score (nSPS) is 12.6. The third-order valence-corrected chi connectivity index (χ3v) is 5.97. The van der Waals surface area contributed by atoms with E-state index in [9.17, 15) is 4.79 Å². The zero-order valence-electron chi connectivity index (χ0n) is 18.3. The van der Waals surface area contributed by atoms with Crippen LogP contribution in [0.15, 0.2) is 47.6 Å². The molecule has 160 valence electrons. The number of likely N-dealkylation sites (N-methyl/N-ethyl adjacent to an activating group) is 1. The lowest BCUT2D eigenvalue weighted by Crippen LogP contribution is -2.36. The molecule has 0 fully saturated rings. The van der Waals surface area contributed by atoms with Gasteiger partial charge < -0.3 is 9.30 Å². The molecule has 0 aliphatic rings. The van der Waals surface area contributed by atoms with Crippen LogP contribution in [0.4, 0.5) is 0 Å². The van der Waals surface area contributed by atoms with Gasteiger partial charge in [-0.05, 0) is 68.9 Å². The van der Waals surface area contributed by atoms with Gasteiger partial charge in [0.25, 0.3) is 0 Å². The smallest absolute Gasteiger partial charge is 0.324 e. The van der Waals surface area contributed by atoms with Gasteiger partial charge >= 0.3 is 5.97 Å². The minimum Gasteiger partial charge on any atom is -0.465 e. The Labute approximate surface area is 182 Å². The molecule has 1 atom stereocenters. The minimum atomic E-state index is -0.261. The minimum absolute atomic E-state index is 0.158. The fourth-order valence-corrected chi connectivity index (χ4v) is 4.34. The van der Waals surface area contributed by atoms with E-state index in [2.05, 4.69) is 52.6 Å². The summed E-state index contributed by atoms with van der Waals surface area (Å²) in [4.78, 5) is 22.2. The van der Waals surface area contributed by atoms with Crippen LogP contribution in [0.3, 0.4) is 0 Å². The number of pyridine rings is 1. The molecule has 0 saturated carbocycles. The Hall–Kier alpha value is -2.38. The predicted molar refractivity (Wildman–Crippen MR) is 121 cm³/mol. The van der Waals surface area contributed by atoms with Gasteiger partial charge in [-0.15, -0.1) is 0 Å². The maximum Gasteiger partial charge on any atom is 0.324 e. The Morgan fingerprint density at radius 2 is 1.97 bits per heavy atom. The van der Waals surface area contributed by atoms with Gasteiger partial charge in [-0.1, -0.05) is 26.0 Å². The summed E-state index contributed by atoms with van der Waals surface area (Å²) >= 11 is 1.58. The van der Waals surface area contributed by atoms with Gasteiger partial charge in [-0.25, -0.2) is 9.29 Å². The lowest BCUT2D eigenvalue weighted by molar-refractivity contribution is -0.147. The molecule has 0 amide bonds.